The fraction of sp³-hybridized carbons (Fsp3) is 0.824. The largest absolute Gasteiger partial charge is 0.394 e. The van der Waals surface area contributed by atoms with E-state index in [0.29, 0.717) is 0 Å². The molecule has 12 nitrogen and oxygen atoms in total. The third kappa shape index (κ3) is 4.86. The number of carbonyl (C=O) groups is 1. The van der Waals surface area contributed by atoms with Crippen LogP contribution < -0.4 is 0 Å². The lowest BCUT2D eigenvalue weighted by atomic mass is 9.96. The van der Waals surface area contributed by atoms with E-state index in [0.717, 1.165) is 4.90 Å². The van der Waals surface area contributed by atoms with Gasteiger partial charge in [0, 0.05) is 6.92 Å². The van der Waals surface area contributed by atoms with Crippen molar-refractivity contribution in [2.75, 3.05) is 19.8 Å². The number of carbonyl (C=O) groups excluding carboxylic acids is 1. The first kappa shape index (κ1) is 23.9. The fourth-order valence-electron chi connectivity index (χ4n) is 3.31. The molecule has 0 aromatic heterocycles. The summed E-state index contributed by atoms with van der Waals surface area (Å²) in [4.78, 5) is 12.8. The highest BCUT2D eigenvalue weighted by Crippen LogP contribution is 2.30. The molecule has 166 valence electrons. The number of amides is 1. The molecule has 2 aliphatic heterocycles. The molecule has 2 fully saturated rings. The average Bonchev–Trinajstić information content (AvgIpc) is 2.70. The monoisotopic (exact) mass is 421 g/mol. The van der Waals surface area contributed by atoms with Crippen LogP contribution in [0.2, 0.25) is 0 Å². The van der Waals surface area contributed by atoms with Gasteiger partial charge in [-0.15, -0.1) is 6.42 Å². The van der Waals surface area contributed by atoms with Crippen LogP contribution in [0.1, 0.15) is 6.92 Å². The molecular weight excluding hydrogens is 394 g/mol. The molecule has 0 aromatic rings. The molecule has 10 atom stereocenters. The molecular formula is C17H27NO11. The molecule has 2 heterocycles. The zero-order valence-corrected chi connectivity index (χ0v) is 15.7. The molecule has 2 rings (SSSR count). The SMILES string of the molecule is C#CCN(C(C)=O)C1O[C@H](CO)[C@@H](O[C@@H]2O[C@H](CO)[C@@H](O)[C@H](O)[C@H]2O)[C@H](O)[C@H]1O. The van der Waals surface area contributed by atoms with Gasteiger partial charge >= 0.3 is 0 Å². The summed E-state index contributed by atoms with van der Waals surface area (Å²) in [5.74, 6) is 1.69. The summed E-state index contributed by atoms with van der Waals surface area (Å²) in [6, 6.07) is 0. The summed E-state index contributed by atoms with van der Waals surface area (Å²) in [6.45, 7) is -0.434. The van der Waals surface area contributed by atoms with Gasteiger partial charge in [0.05, 0.1) is 19.8 Å². The summed E-state index contributed by atoms with van der Waals surface area (Å²) >= 11 is 0. The predicted molar refractivity (Wildman–Crippen MR) is 92.6 cm³/mol. The molecule has 0 radical (unpaired) electrons. The van der Waals surface area contributed by atoms with Crippen LogP contribution in [0.25, 0.3) is 0 Å². The Morgan fingerprint density at radius 2 is 1.59 bits per heavy atom. The zero-order valence-electron chi connectivity index (χ0n) is 15.7. The molecule has 2 saturated heterocycles. The van der Waals surface area contributed by atoms with Crippen molar-refractivity contribution in [3.05, 3.63) is 0 Å². The first-order chi connectivity index (χ1) is 13.7. The normalized spacial score (nSPS) is 42.9. The van der Waals surface area contributed by atoms with Crippen LogP contribution in [0, 0.1) is 12.3 Å². The summed E-state index contributed by atoms with van der Waals surface area (Å²) in [5, 5.41) is 69.6. The standard InChI is InChI=1S/C17H27NO11/c1-3-4-18(7(2)21)16-13(25)12(24)15(9(6-20)27-16)29-17-14(26)11(23)10(22)8(5-19)28-17/h1,8-17,19-20,22-26H,4-6H2,2H3/t8-,9-,10-,11+,12-,13-,14-,15-,16?,17+/m1/s1. The van der Waals surface area contributed by atoms with Crippen molar-refractivity contribution in [3.8, 4) is 12.3 Å². The van der Waals surface area contributed by atoms with Crippen LogP contribution in [0.5, 0.6) is 0 Å². The minimum Gasteiger partial charge on any atom is -0.394 e. The highest BCUT2D eigenvalue weighted by molar-refractivity contribution is 5.73. The number of aliphatic hydroxyl groups is 7. The summed E-state index contributed by atoms with van der Waals surface area (Å²) < 4.78 is 16.2. The van der Waals surface area contributed by atoms with Crippen LogP contribution in [0.3, 0.4) is 0 Å². The molecule has 29 heavy (non-hydrogen) atoms. The van der Waals surface area contributed by atoms with E-state index >= 15 is 0 Å². The van der Waals surface area contributed by atoms with Crippen molar-refractivity contribution in [2.24, 2.45) is 0 Å². The number of rotatable bonds is 6. The summed E-state index contributed by atoms with van der Waals surface area (Å²) in [5.41, 5.74) is 0. The average molecular weight is 421 g/mol. The number of terminal acetylenes is 1. The Balaban J connectivity index is 2.19. The van der Waals surface area contributed by atoms with Gasteiger partial charge in [-0.3, -0.25) is 4.79 Å². The number of nitrogens with zero attached hydrogens (tertiary/aromatic N) is 1. The lowest BCUT2D eigenvalue weighted by Crippen LogP contribution is -2.67. The van der Waals surface area contributed by atoms with Crippen molar-refractivity contribution in [3.63, 3.8) is 0 Å². The maximum atomic E-state index is 11.8. The number of aliphatic hydroxyl groups excluding tert-OH is 7. The van der Waals surface area contributed by atoms with Crippen molar-refractivity contribution in [2.45, 2.75) is 68.3 Å². The second kappa shape index (κ2) is 10.1. The van der Waals surface area contributed by atoms with Gasteiger partial charge in [-0.05, 0) is 0 Å². The Labute approximate surface area is 166 Å². The fourth-order valence-corrected chi connectivity index (χ4v) is 3.31. The maximum Gasteiger partial charge on any atom is 0.222 e. The van der Waals surface area contributed by atoms with Gasteiger partial charge in [0.2, 0.25) is 5.91 Å². The molecule has 2 aliphatic rings. The third-order valence-corrected chi connectivity index (χ3v) is 4.95. The van der Waals surface area contributed by atoms with Crippen LogP contribution in [-0.2, 0) is 19.0 Å². The summed E-state index contributed by atoms with van der Waals surface area (Å²) in [7, 11) is 0. The highest BCUT2D eigenvalue weighted by Gasteiger charge is 2.51. The second-order valence-electron chi connectivity index (χ2n) is 6.88. The Hall–Kier alpha value is -1.37. The quantitative estimate of drug-likeness (QED) is 0.204. The van der Waals surface area contributed by atoms with Gasteiger partial charge in [0.1, 0.15) is 48.8 Å². The van der Waals surface area contributed by atoms with E-state index in [9.17, 15) is 40.5 Å². The number of hydrogen-bond acceptors (Lipinski definition) is 11. The molecule has 1 amide bonds. The van der Waals surface area contributed by atoms with E-state index in [4.69, 9.17) is 20.6 Å². The molecule has 0 spiro atoms. The lowest BCUT2D eigenvalue weighted by molar-refractivity contribution is -0.347. The van der Waals surface area contributed by atoms with Crippen LogP contribution in [-0.4, -0.2) is 128 Å². The van der Waals surface area contributed by atoms with E-state index < -0.39 is 80.5 Å². The minimum absolute atomic E-state index is 0.222. The molecule has 1 unspecified atom stereocenters. The molecule has 12 heteroatoms. The van der Waals surface area contributed by atoms with Gasteiger partial charge in [-0.1, -0.05) is 5.92 Å². The minimum atomic E-state index is -1.76. The molecule has 7 N–H and O–H groups in total. The van der Waals surface area contributed by atoms with Gasteiger partial charge < -0.3 is 54.9 Å². The molecule has 0 bridgehead atoms. The van der Waals surface area contributed by atoms with Crippen molar-refractivity contribution < 1.29 is 54.8 Å². The van der Waals surface area contributed by atoms with Gasteiger partial charge in [0.15, 0.2) is 12.5 Å². The van der Waals surface area contributed by atoms with E-state index in [2.05, 4.69) is 5.92 Å². The van der Waals surface area contributed by atoms with Crippen molar-refractivity contribution in [1.82, 2.24) is 4.90 Å². The van der Waals surface area contributed by atoms with E-state index in [1.165, 1.54) is 6.92 Å². The predicted octanol–water partition coefficient (Wildman–Crippen LogP) is -4.91. The van der Waals surface area contributed by atoms with Gasteiger partial charge in [0.25, 0.3) is 0 Å². The Morgan fingerprint density at radius 3 is 2.10 bits per heavy atom. The molecule has 0 aliphatic carbocycles. The molecule has 0 aromatic carbocycles. The van der Waals surface area contributed by atoms with Crippen LogP contribution in [0.4, 0.5) is 0 Å². The van der Waals surface area contributed by atoms with Crippen LogP contribution >= 0.6 is 0 Å². The highest BCUT2D eigenvalue weighted by atomic mass is 16.7. The smallest absolute Gasteiger partial charge is 0.222 e. The van der Waals surface area contributed by atoms with E-state index in [1.807, 2.05) is 0 Å². The Morgan fingerprint density at radius 1 is 0.966 bits per heavy atom. The number of ether oxygens (including phenoxy) is 3. The zero-order chi connectivity index (χ0) is 21.9. The topological polar surface area (TPSA) is 190 Å². The van der Waals surface area contributed by atoms with Crippen molar-refractivity contribution in [1.29, 1.82) is 0 Å². The van der Waals surface area contributed by atoms with E-state index in [1.54, 1.807) is 0 Å². The lowest BCUT2D eigenvalue weighted by Gasteiger charge is -2.47. The number of hydrogen-bond donors (Lipinski definition) is 7. The van der Waals surface area contributed by atoms with Crippen LogP contribution in [0.15, 0.2) is 0 Å². The summed E-state index contributed by atoms with van der Waals surface area (Å²) in [6.07, 6.45) is -10.3. The van der Waals surface area contributed by atoms with Gasteiger partial charge in [-0.25, -0.2) is 0 Å². The van der Waals surface area contributed by atoms with E-state index in [-0.39, 0.29) is 6.54 Å². The Kier molecular flexibility index (Phi) is 8.32. The molecule has 0 saturated carbocycles. The third-order valence-electron chi connectivity index (χ3n) is 4.95. The Bertz CT molecular complexity index is 594. The second-order valence-corrected chi connectivity index (χ2v) is 6.88. The van der Waals surface area contributed by atoms with Gasteiger partial charge in [-0.2, -0.15) is 0 Å². The maximum absolute atomic E-state index is 11.8. The first-order valence-corrected chi connectivity index (χ1v) is 8.97. The first-order valence-electron chi connectivity index (χ1n) is 8.97. The van der Waals surface area contributed by atoms with Crippen molar-refractivity contribution >= 4 is 5.91 Å².